The van der Waals surface area contributed by atoms with Gasteiger partial charge in [-0.05, 0) is 23.1 Å². The van der Waals surface area contributed by atoms with E-state index in [-0.39, 0.29) is 12.2 Å². The number of alkyl carbamates (subject to hydrolysis) is 1. The van der Waals surface area contributed by atoms with Crippen molar-refractivity contribution >= 4 is 18.0 Å². The first kappa shape index (κ1) is 25.7. The van der Waals surface area contributed by atoms with Gasteiger partial charge in [0.05, 0.1) is 5.56 Å². The Morgan fingerprint density at radius 1 is 0.970 bits per heavy atom. The van der Waals surface area contributed by atoms with E-state index in [1.165, 1.54) is 12.1 Å². The summed E-state index contributed by atoms with van der Waals surface area (Å²) in [5, 5.41) is 14.1. The lowest BCUT2D eigenvalue weighted by molar-refractivity contribution is -0.143. The molecule has 0 aliphatic heterocycles. The number of amides is 2. The Hall–Kier alpha value is -3.56. The minimum Gasteiger partial charge on any atom is -0.480 e. The monoisotopic (exact) mass is 466 g/mol. The molecule has 2 aromatic rings. The molecular formula is C23H25F3N2O5. The van der Waals surface area contributed by atoms with Gasteiger partial charge in [-0.2, -0.15) is 13.2 Å². The van der Waals surface area contributed by atoms with E-state index in [1.54, 1.807) is 44.2 Å². The molecule has 3 N–H and O–H groups in total. The van der Waals surface area contributed by atoms with Crippen LogP contribution >= 0.6 is 0 Å². The van der Waals surface area contributed by atoms with E-state index in [9.17, 15) is 32.7 Å². The molecule has 0 saturated heterocycles. The number of ether oxygens (including phenoxy) is 1. The van der Waals surface area contributed by atoms with Crippen LogP contribution < -0.4 is 10.6 Å². The topological polar surface area (TPSA) is 105 Å². The van der Waals surface area contributed by atoms with E-state index in [2.05, 4.69) is 10.6 Å². The molecule has 0 aliphatic rings. The number of carbonyl (C=O) groups excluding carboxylic acids is 2. The summed E-state index contributed by atoms with van der Waals surface area (Å²) in [5.41, 5.74) is -0.519. The summed E-state index contributed by atoms with van der Waals surface area (Å²) in [6.07, 6.45) is -6.14. The van der Waals surface area contributed by atoms with Crippen LogP contribution in [0.2, 0.25) is 0 Å². The molecule has 0 spiro atoms. The van der Waals surface area contributed by atoms with E-state index in [1.807, 2.05) is 0 Å². The fourth-order valence-corrected chi connectivity index (χ4v) is 3.08. The normalized spacial score (nSPS) is 13.2. The van der Waals surface area contributed by atoms with Crippen LogP contribution in [-0.2, 0) is 33.5 Å². The number of carboxylic acids is 1. The summed E-state index contributed by atoms with van der Waals surface area (Å²) < 4.78 is 44.8. The van der Waals surface area contributed by atoms with Crippen molar-refractivity contribution in [2.24, 2.45) is 5.92 Å². The number of hydrogen-bond acceptors (Lipinski definition) is 4. The number of rotatable bonds is 9. The third-order valence-electron chi connectivity index (χ3n) is 4.80. The van der Waals surface area contributed by atoms with Crippen LogP contribution in [-0.4, -0.2) is 35.2 Å². The predicted octanol–water partition coefficient (Wildman–Crippen LogP) is 3.77. The number of carboxylic acid groups (broad SMARTS) is 1. The number of benzene rings is 2. The van der Waals surface area contributed by atoms with Gasteiger partial charge >= 0.3 is 18.2 Å². The first-order valence-corrected chi connectivity index (χ1v) is 10.1. The van der Waals surface area contributed by atoms with Gasteiger partial charge in [-0.1, -0.05) is 62.4 Å². The van der Waals surface area contributed by atoms with Crippen LogP contribution in [0.25, 0.3) is 0 Å². The Bertz CT molecular complexity index is 964. The molecule has 0 unspecified atom stereocenters. The molecule has 33 heavy (non-hydrogen) atoms. The largest absolute Gasteiger partial charge is 0.480 e. The maximum atomic E-state index is 13.2. The van der Waals surface area contributed by atoms with Crippen LogP contribution in [0.4, 0.5) is 18.0 Å². The quantitative estimate of drug-likeness (QED) is 0.522. The molecule has 0 bridgehead atoms. The summed E-state index contributed by atoms with van der Waals surface area (Å²) in [4.78, 5) is 36.5. The van der Waals surface area contributed by atoms with Crippen molar-refractivity contribution < 1.29 is 37.4 Å². The standard InChI is InChI=1S/C23H25F3N2O5/c1-14(2)19(28-22(32)33-13-15-8-4-3-5-9-15)20(29)27-18(21(30)31)12-16-10-6-7-11-17(16)23(24,25)26/h3-11,14,18-19H,12-13H2,1-2H3,(H,27,29)(H,28,32)(H,30,31)/t18-,19-/m0/s1. The molecule has 0 fully saturated rings. The highest BCUT2D eigenvalue weighted by molar-refractivity contribution is 5.89. The van der Waals surface area contributed by atoms with Crippen LogP contribution in [0.15, 0.2) is 54.6 Å². The Kier molecular flexibility index (Phi) is 8.84. The average molecular weight is 466 g/mol. The molecule has 2 amide bonds. The molecule has 7 nitrogen and oxygen atoms in total. The van der Waals surface area contributed by atoms with E-state index in [4.69, 9.17) is 4.74 Å². The van der Waals surface area contributed by atoms with Crippen molar-refractivity contribution in [3.05, 3.63) is 71.3 Å². The maximum Gasteiger partial charge on any atom is 0.416 e. The molecule has 2 rings (SSSR count). The average Bonchev–Trinajstić information content (AvgIpc) is 2.75. The van der Waals surface area contributed by atoms with Crippen molar-refractivity contribution in [2.75, 3.05) is 0 Å². The minimum absolute atomic E-state index is 0.0366. The second-order valence-corrected chi connectivity index (χ2v) is 7.69. The third-order valence-corrected chi connectivity index (χ3v) is 4.80. The second kappa shape index (κ2) is 11.3. The number of carbonyl (C=O) groups is 3. The minimum atomic E-state index is -4.67. The van der Waals surface area contributed by atoms with E-state index in [0.717, 1.165) is 17.7 Å². The van der Waals surface area contributed by atoms with Crippen molar-refractivity contribution in [2.45, 2.75) is 45.1 Å². The smallest absolute Gasteiger partial charge is 0.416 e. The lowest BCUT2D eigenvalue weighted by Crippen LogP contribution is -2.54. The van der Waals surface area contributed by atoms with E-state index >= 15 is 0 Å². The molecule has 0 radical (unpaired) electrons. The molecule has 178 valence electrons. The van der Waals surface area contributed by atoms with Gasteiger partial charge in [0.1, 0.15) is 18.7 Å². The lowest BCUT2D eigenvalue weighted by Gasteiger charge is -2.24. The highest BCUT2D eigenvalue weighted by atomic mass is 19.4. The SMILES string of the molecule is CC(C)[C@H](NC(=O)OCc1ccccc1)C(=O)N[C@@H](Cc1ccccc1C(F)(F)F)C(=O)O. The van der Waals surface area contributed by atoms with Gasteiger partial charge in [-0.15, -0.1) is 0 Å². The number of halogens is 3. The Morgan fingerprint density at radius 2 is 1.58 bits per heavy atom. The van der Waals surface area contributed by atoms with Gasteiger partial charge in [0.25, 0.3) is 0 Å². The van der Waals surface area contributed by atoms with Gasteiger partial charge in [-0.3, -0.25) is 4.79 Å². The van der Waals surface area contributed by atoms with Crippen molar-refractivity contribution in [3.63, 3.8) is 0 Å². The molecule has 0 aromatic heterocycles. The van der Waals surface area contributed by atoms with Crippen LogP contribution in [0.1, 0.15) is 30.5 Å². The van der Waals surface area contributed by atoms with E-state index < -0.39 is 54.1 Å². The summed E-state index contributed by atoms with van der Waals surface area (Å²) in [6, 6.07) is 10.6. The first-order valence-electron chi connectivity index (χ1n) is 10.1. The summed E-state index contributed by atoms with van der Waals surface area (Å²) in [7, 11) is 0. The van der Waals surface area contributed by atoms with Gasteiger partial charge in [-0.25, -0.2) is 9.59 Å². The molecule has 10 heteroatoms. The molecule has 0 saturated carbocycles. The van der Waals surface area contributed by atoms with Crippen molar-refractivity contribution in [3.8, 4) is 0 Å². The molecular weight excluding hydrogens is 441 g/mol. The molecule has 0 heterocycles. The summed E-state index contributed by atoms with van der Waals surface area (Å²) >= 11 is 0. The lowest BCUT2D eigenvalue weighted by atomic mass is 9.98. The fraction of sp³-hybridized carbons (Fsp3) is 0.348. The molecule has 2 atom stereocenters. The van der Waals surface area contributed by atoms with E-state index in [0.29, 0.717) is 0 Å². The second-order valence-electron chi connectivity index (χ2n) is 7.69. The third kappa shape index (κ3) is 7.81. The van der Waals surface area contributed by atoms with Gasteiger partial charge in [0.2, 0.25) is 5.91 Å². The van der Waals surface area contributed by atoms with Crippen LogP contribution in [0.5, 0.6) is 0 Å². The summed E-state index contributed by atoms with van der Waals surface area (Å²) in [6.45, 7) is 3.21. The number of hydrogen-bond donors (Lipinski definition) is 3. The zero-order valence-electron chi connectivity index (χ0n) is 18.1. The fourth-order valence-electron chi connectivity index (χ4n) is 3.08. The zero-order valence-corrected chi connectivity index (χ0v) is 18.1. The van der Waals surface area contributed by atoms with Gasteiger partial charge in [0.15, 0.2) is 0 Å². The number of alkyl halides is 3. The van der Waals surface area contributed by atoms with Gasteiger partial charge < -0.3 is 20.5 Å². The Morgan fingerprint density at radius 3 is 2.15 bits per heavy atom. The number of nitrogens with one attached hydrogen (secondary N) is 2. The van der Waals surface area contributed by atoms with Crippen LogP contribution in [0.3, 0.4) is 0 Å². The van der Waals surface area contributed by atoms with Crippen molar-refractivity contribution in [1.29, 1.82) is 0 Å². The molecule has 0 aliphatic carbocycles. The molecule has 2 aromatic carbocycles. The zero-order chi connectivity index (χ0) is 24.6. The first-order chi connectivity index (χ1) is 15.5. The number of aliphatic carboxylic acids is 1. The highest BCUT2D eigenvalue weighted by Crippen LogP contribution is 2.32. The van der Waals surface area contributed by atoms with Crippen LogP contribution in [0, 0.1) is 5.92 Å². The Balaban J connectivity index is 2.07. The Labute approximate surface area is 188 Å². The van der Waals surface area contributed by atoms with Gasteiger partial charge in [0, 0.05) is 6.42 Å². The predicted molar refractivity (Wildman–Crippen MR) is 113 cm³/mol. The summed E-state index contributed by atoms with van der Waals surface area (Å²) in [5.74, 6) is -2.81. The highest BCUT2D eigenvalue weighted by Gasteiger charge is 2.35. The maximum absolute atomic E-state index is 13.2. The van der Waals surface area contributed by atoms with Crippen molar-refractivity contribution in [1.82, 2.24) is 10.6 Å².